The van der Waals surface area contributed by atoms with Crippen LogP contribution in [0.4, 0.5) is 11.4 Å². The number of Topliss-reactive ketones (excluding diaryl/α,β-unsaturated/α-hetero) is 1. The first-order chi connectivity index (χ1) is 14.5. The molecule has 7 nitrogen and oxygen atoms in total. The van der Waals surface area contributed by atoms with Gasteiger partial charge in [0.25, 0.3) is 5.56 Å². The van der Waals surface area contributed by atoms with Crippen LogP contribution in [0.3, 0.4) is 0 Å². The van der Waals surface area contributed by atoms with Crippen molar-refractivity contribution in [1.82, 2.24) is 14.8 Å². The Balaban J connectivity index is 2.00. The van der Waals surface area contributed by atoms with Gasteiger partial charge in [0.05, 0.1) is 5.56 Å². The second kappa shape index (κ2) is 7.79. The molecule has 0 saturated carbocycles. The molecule has 2 heterocycles. The number of phenols is 1. The smallest absolute Gasteiger partial charge is 0.291 e. The van der Waals surface area contributed by atoms with E-state index in [9.17, 15) is 14.7 Å². The van der Waals surface area contributed by atoms with Gasteiger partial charge in [0.15, 0.2) is 5.78 Å². The molecule has 30 heavy (non-hydrogen) atoms. The first-order valence-electron chi connectivity index (χ1n) is 9.56. The SMILES string of the molecule is CCn1nc(-c2ccccc2)c(C(C)=O)c(Nc2ccc(O)c3ncccc23)c1=O. The largest absolute Gasteiger partial charge is 0.506 e. The summed E-state index contributed by atoms with van der Waals surface area (Å²) in [4.78, 5) is 30.0. The van der Waals surface area contributed by atoms with E-state index in [1.165, 1.54) is 17.7 Å². The normalized spacial score (nSPS) is 10.9. The van der Waals surface area contributed by atoms with E-state index in [1.54, 1.807) is 24.4 Å². The monoisotopic (exact) mass is 400 g/mol. The topological polar surface area (TPSA) is 97.1 Å². The molecular weight excluding hydrogens is 380 g/mol. The van der Waals surface area contributed by atoms with Crippen LogP contribution in [0.25, 0.3) is 22.2 Å². The Labute approximate surface area is 172 Å². The number of rotatable bonds is 5. The molecule has 0 aliphatic rings. The average Bonchev–Trinajstić information content (AvgIpc) is 2.77. The summed E-state index contributed by atoms with van der Waals surface area (Å²) in [5.41, 5.74) is 2.12. The number of aromatic hydroxyl groups is 1. The Morgan fingerprint density at radius 2 is 1.87 bits per heavy atom. The number of carbonyl (C=O) groups excluding carboxylic acids is 1. The number of anilines is 2. The number of hydrogen-bond donors (Lipinski definition) is 2. The molecule has 0 fully saturated rings. The quantitative estimate of drug-likeness (QED) is 0.386. The number of fused-ring (bicyclic) bond motifs is 1. The summed E-state index contributed by atoms with van der Waals surface area (Å²) in [5, 5.41) is 18.3. The van der Waals surface area contributed by atoms with Gasteiger partial charge < -0.3 is 10.4 Å². The Hall–Kier alpha value is -4.00. The molecular formula is C23H20N4O3. The van der Waals surface area contributed by atoms with Crippen LogP contribution in [0, 0.1) is 0 Å². The standard InChI is InChI=1S/C23H20N4O3/c1-3-27-23(30)22(19(14(2)28)20(26-27)15-8-5-4-6-9-15)25-17-11-12-18(29)21-16(17)10-7-13-24-21/h4-13,25,29H,3H2,1-2H3. The molecule has 2 N–H and O–H groups in total. The van der Waals surface area contributed by atoms with Crippen LogP contribution in [0.2, 0.25) is 0 Å². The van der Waals surface area contributed by atoms with Crippen LogP contribution in [-0.4, -0.2) is 25.7 Å². The number of pyridine rings is 1. The third kappa shape index (κ3) is 3.30. The van der Waals surface area contributed by atoms with E-state index < -0.39 is 5.56 Å². The molecule has 7 heteroatoms. The Morgan fingerprint density at radius 3 is 2.57 bits per heavy atom. The van der Waals surface area contributed by atoms with E-state index in [0.29, 0.717) is 28.8 Å². The second-order valence-corrected chi connectivity index (χ2v) is 6.80. The maximum atomic E-state index is 13.1. The molecule has 0 aliphatic carbocycles. The summed E-state index contributed by atoms with van der Waals surface area (Å²) in [5.74, 6) is -0.237. The van der Waals surface area contributed by atoms with Crippen molar-refractivity contribution in [2.24, 2.45) is 0 Å². The minimum absolute atomic E-state index is 0.0358. The summed E-state index contributed by atoms with van der Waals surface area (Å²) in [7, 11) is 0. The van der Waals surface area contributed by atoms with Crippen LogP contribution in [0.15, 0.2) is 65.6 Å². The average molecular weight is 400 g/mol. The summed E-state index contributed by atoms with van der Waals surface area (Å²) >= 11 is 0. The van der Waals surface area contributed by atoms with Crippen LogP contribution >= 0.6 is 0 Å². The molecule has 0 bridgehead atoms. The van der Waals surface area contributed by atoms with Crippen LogP contribution in [0.5, 0.6) is 5.75 Å². The fourth-order valence-electron chi connectivity index (χ4n) is 3.44. The van der Waals surface area contributed by atoms with Crippen molar-refractivity contribution in [2.75, 3.05) is 5.32 Å². The van der Waals surface area contributed by atoms with Gasteiger partial charge in [0.2, 0.25) is 0 Å². The lowest BCUT2D eigenvalue weighted by Gasteiger charge is -2.17. The van der Waals surface area contributed by atoms with Crippen LogP contribution in [-0.2, 0) is 6.54 Å². The molecule has 0 atom stereocenters. The molecule has 0 saturated heterocycles. The minimum atomic E-state index is -0.396. The third-order valence-electron chi connectivity index (χ3n) is 4.86. The zero-order valence-electron chi connectivity index (χ0n) is 16.6. The first kappa shape index (κ1) is 19.3. The van der Waals surface area contributed by atoms with E-state index in [1.807, 2.05) is 37.3 Å². The number of phenolic OH excluding ortho intramolecular Hbond substituents is 1. The van der Waals surface area contributed by atoms with Gasteiger partial charge in [-0.3, -0.25) is 14.6 Å². The molecule has 0 radical (unpaired) electrons. The van der Waals surface area contributed by atoms with E-state index in [-0.39, 0.29) is 22.8 Å². The summed E-state index contributed by atoms with van der Waals surface area (Å²) in [6.07, 6.45) is 1.58. The van der Waals surface area contributed by atoms with E-state index in [4.69, 9.17) is 0 Å². The lowest BCUT2D eigenvalue weighted by Crippen LogP contribution is -2.28. The maximum absolute atomic E-state index is 13.1. The molecule has 0 unspecified atom stereocenters. The van der Waals surface area contributed by atoms with E-state index in [2.05, 4.69) is 15.4 Å². The number of hydrogen-bond acceptors (Lipinski definition) is 6. The molecule has 2 aromatic carbocycles. The van der Waals surface area contributed by atoms with E-state index >= 15 is 0 Å². The van der Waals surface area contributed by atoms with Crippen LogP contribution < -0.4 is 10.9 Å². The van der Waals surface area contributed by atoms with Gasteiger partial charge in [-0.15, -0.1) is 0 Å². The van der Waals surface area contributed by atoms with Crippen molar-refractivity contribution in [1.29, 1.82) is 0 Å². The van der Waals surface area contributed by atoms with Crippen molar-refractivity contribution in [3.8, 4) is 17.0 Å². The Morgan fingerprint density at radius 1 is 1.10 bits per heavy atom. The minimum Gasteiger partial charge on any atom is -0.506 e. The predicted molar refractivity (Wildman–Crippen MR) is 116 cm³/mol. The number of carbonyl (C=O) groups is 1. The zero-order chi connectivity index (χ0) is 21.3. The predicted octanol–water partition coefficient (Wildman–Crippen LogP) is 4.13. The highest BCUT2D eigenvalue weighted by Crippen LogP contribution is 2.33. The van der Waals surface area contributed by atoms with Gasteiger partial charge >= 0.3 is 0 Å². The number of ketones is 1. The third-order valence-corrected chi connectivity index (χ3v) is 4.86. The van der Waals surface area contributed by atoms with Crippen molar-refractivity contribution in [3.63, 3.8) is 0 Å². The molecule has 0 amide bonds. The molecule has 150 valence electrons. The molecule has 0 aliphatic heterocycles. The molecule has 2 aromatic heterocycles. The van der Waals surface area contributed by atoms with Gasteiger partial charge in [-0.05, 0) is 38.1 Å². The first-order valence-corrected chi connectivity index (χ1v) is 9.56. The fourth-order valence-corrected chi connectivity index (χ4v) is 3.44. The highest BCUT2D eigenvalue weighted by atomic mass is 16.3. The van der Waals surface area contributed by atoms with Crippen molar-refractivity contribution in [3.05, 3.63) is 76.7 Å². The second-order valence-electron chi connectivity index (χ2n) is 6.80. The van der Waals surface area contributed by atoms with Crippen LogP contribution in [0.1, 0.15) is 24.2 Å². The lowest BCUT2D eigenvalue weighted by atomic mass is 10.0. The summed E-state index contributed by atoms with van der Waals surface area (Å²) < 4.78 is 1.33. The maximum Gasteiger partial charge on any atom is 0.291 e. The van der Waals surface area contributed by atoms with Gasteiger partial charge in [-0.1, -0.05) is 30.3 Å². The number of aromatic nitrogens is 3. The van der Waals surface area contributed by atoms with E-state index in [0.717, 1.165) is 5.56 Å². The highest BCUT2D eigenvalue weighted by molar-refractivity contribution is 6.06. The van der Waals surface area contributed by atoms with Crippen molar-refractivity contribution in [2.45, 2.75) is 20.4 Å². The molecule has 4 aromatic rings. The number of nitrogens with one attached hydrogen (secondary N) is 1. The molecule has 0 spiro atoms. The van der Waals surface area contributed by atoms with Gasteiger partial charge in [0, 0.05) is 29.4 Å². The zero-order valence-corrected chi connectivity index (χ0v) is 16.6. The number of benzene rings is 2. The summed E-state index contributed by atoms with van der Waals surface area (Å²) in [6, 6.07) is 16.0. The fraction of sp³-hybridized carbons (Fsp3) is 0.130. The molecule has 4 rings (SSSR count). The Kier molecular flexibility index (Phi) is 5.02. The number of aryl methyl sites for hydroxylation is 1. The summed E-state index contributed by atoms with van der Waals surface area (Å²) in [6.45, 7) is 3.59. The number of nitrogens with zero attached hydrogens (tertiary/aromatic N) is 3. The Bertz CT molecular complexity index is 1310. The van der Waals surface area contributed by atoms with Crippen molar-refractivity contribution >= 4 is 28.1 Å². The van der Waals surface area contributed by atoms with Gasteiger partial charge in [-0.2, -0.15) is 5.10 Å². The highest BCUT2D eigenvalue weighted by Gasteiger charge is 2.22. The van der Waals surface area contributed by atoms with Crippen molar-refractivity contribution < 1.29 is 9.90 Å². The van der Waals surface area contributed by atoms with Gasteiger partial charge in [-0.25, -0.2) is 4.68 Å². The van der Waals surface area contributed by atoms with Gasteiger partial charge in [0.1, 0.15) is 22.6 Å². The lowest BCUT2D eigenvalue weighted by molar-refractivity contribution is 0.101.